The summed E-state index contributed by atoms with van der Waals surface area (Å²) in [6, 6.07) is 3.41. The molecule has 1 N–H and O–H groups in total. The van der Waals surface area contributed by atoms with Crippen molar-refractivity contribution in [3.8, 4) is 0 Å². The van der Waals surface area contributed by atoms with Gasteiger partial charge in [-0.15, -0.1) is 5.10 Å². The van der Waals surface area contributed by atoms with Crippen molar-refractivity contribution in [2.24, 2.45) is 0 Å². The molecular weight excluding hydrogens is 214 g/mol. The van der Waals surface area contributed by atoms with E-state index in [1.807, 2.05) is 0 Å². The van der Waals surface area contributed by atoms with Crippen molar-refractivity contribution in [3.63, 3.8) is 0 Å². The van der Waals surface area contributed by atoms with E-state index in [0.717, 1.165) is 0 Å². The van der Waals surface area contributed by atoms with E-state index in [9.17, 15) is 4.79 Å². The first-order chi connectivity index (χ1) is 7.11. The number of nitrogens with one attached hydrogen (secondary N) is 1. The average molecular weight is 225 g/mol. The Morgan fingerprint density at radius 2 is 2.27 bits per heavy atom. The minimum absolute atomic E-state index is 0.176. The van der Waals surface area contributed by atoms with Crippen LogP contribution < -0.4 is 5.32 Å². The normalized spacial score (nSPS) is 9.47. The highest BCUT2D eigenvalue weighted by Crippen LogP contribution is 2.03. The molecule has 0 aromatic carbocycles. The van der Waals surface area contributed by atoms with Gasteiger partial charge in [-0.2, -0.15) is 5.10 Å². The summed E-state index contributed by atoms with van der Waals surface area (Å²) in [5.41, 5.74) is 0.705. The van der Waals surface area contributed by atoms with Gasteiger partial charge in [0.1, 0.15) is 0 Å². The molecule has 80 valence electrons. The van der Waals surface area contributed by atoms with Crippen LogP contribution in [-0.4, -0.2) is 28.3 Å². The molecule has 0 fully saturated rings. The van der Waals surface area contributed by atoms with Gasteiger partial charge in [0.25, 0.3) is 0 Å². The first-order valence-electron chi connectivity index (χ1n) is 4.29. The fourth-order valence-corrected chi connectivity index (χ4v) is 1.07. The molecule has 15 heavy (non-hydrogen) atoms. The molecule has 0 aliphatic rings. The molecule has 5 nitrogen and oxygen atoms in total. The molecule has 0 unspecified atom stereocenters. The van der Waals surface area contributed by atoms with Crippen molar-refractivity contribution < 1.29 is 9.53 Å². The number of aromatic nitrogens is 2. The second-order valence-electron chi connectivity index (χ2n) is 2.84. The molecule has 6 heteroatoms. The molecule has 1 aromatic heterocycles. The molecule has 0 aliphatic heterocycles. The minimum atomic E-state index is -0.176. The van der Waals surface area contributed by atoms with Crippen LogP contribution in [0.15, 0.2) is 12.1 Å². The van der Waals surface area contributed by atoms with Gasteiger partial charge >= 0.3 is 0 Å². The van der Waals surface area contributed by atoms with E-state index < -0.39 is 0 Å². The second-order valence-corrected chi connectivity index (χ2v) is 3.30. The van der Waals surface area contributed by atoms with Crippen LogP contribution in [0.2, 0.25) is 0 Å². The SMILES string of the molecule is COC(=S)Cc1ccc(NC(C)=O)nn1. The Bertz CT molecular complexity index is 364. The number of hydrogen-bond acceptors (Lipinski definition) is 5. The molecule has 1 amide bonds. The number of amides is 1. The zero-order valence-corrected chi connectivity index (χ0v) is 9.30. The van der Waals surface area contributed by atoms with Crippen LogP contribution in [0, 0.1) is 0 Å². The summed E-state index contributed by atoms with van der Waals surface area (Å²) < 4.78 is 4.84. The number of carbonyl (C=O) groups excluding carboxylic acids is 1. The Balaban J connectivity index is 2.64. The molecule has 0 radical (unpaired) electrons. The van der Waals surface area contributed by atoms with Crippen molar-refractivity contribution in [3.05, 3.63) is 17.8 Å². The summed E-state index contributed by atoms with van der Waals surface area (Å²) >= 11 is 4.88. The van der Waals surface area contributed by atoms with Crippen LogP contribution in [0.25, 0.3) is 0 Å². The Hall–Kier alpha value is -1.56. The molecule has 0 saturated heterocycles. The third-order valence-corrected chi connectivity index (χ3v) is 1.89. The second kappa shape index (κ2) is 5.35. The summed E-state index contributed by atoms with van der Waals surface area (Å²) in [6.07, 6.45) is 0.444. The van der Waals surface area contributed by atoms with E-state index in [-0.39, 0.29) is 5.91 Å². The zero-order valence-electron chi connectivity index (χ0n) is 8.48. The maximum Gasteiger partial charge on any atom is 0.222 e. The van der Waals surface area contributed by atoms with E-state index in [4.69, 9.17) is 17.0 Å². The van der Waals surface area contributed by atoms with Crippen molar-refractivity contribution in [1.82, 2.24) is 10.2 Å². The van der Waals surface area contributed by atoms with Crippen LogP contribution in [0.3, 0.4) is 0 Å². The van der Waals surface area contributed by atoms with E-state index in [1.165, 1.54) is 14.0 Å². The Kier molecular flexibility index (Phi) is 4.11. The van der Waals surface area contributed by atoms with E-state index in [1.54, 1.807) is 12.1 Å². The van der Waals surface area contributed by atoms with Crippen molar-refractivity contribution >= 4 is 29.0 Å². The fourth-order valence-electron chi connectivity index (χ4n) is 0.921. The third kappa shape index (κ3) is 3.99. The summed E-state index contributed by atoms with van der Waals surface area (Å²) in [5.74, 6) is 0.249. The number of carbonyl (C=O) groups is 1. The first kappa shape index (κ1) is 11.5. The maximum atomic E-state index is 10.7. The summed E-state index contributed by atoms with van der Waals surface area (Å²) in [6.45, 7) is 1.41. The van der Waals surface area contributed by atoms with Gasteiger partial charge in [0.15, 0.2) is 10.9 Å². The fraction of sp³-hybridized carbons (Fsp3) is 0.333. The van der Waals surface area contributed by atoms with E-state index >= 15 is 0 Å². The molecule has 0 atom stereocenters. The predicted molar refractivity (Wildman–Crippen MR) is 59.6 cm³/mol. The van der Waals surface area contributed by atoms with Gasteiger partial charge in [-0.1, -0.05) is 0 Å². The van der Waals surface area contributed by atoms with Gasteiger partial charge in [-0.3, -0.25) is 4.79 Å². The minimum Gasteiger partial charge on any atom is -0.490 e. The van der Waals surface area contributed by atoms with Gasteiger partial charge in [-0.05, 0) is 24.4 Å². The first-order valence-corrected chi connectivity index (χ1v) is 4.69. The molecule has 1 heterocycles. The molecule has 1 aromatic rings. The third-order valence-electron chi connectivity index (χ3n) is 1.58. The van der Waals surface area contributed by atoms with Crippen molar-refractivity contribution in [1.29, 1.82) is 0 Å². The van der Waals surface area contributed by atoms with Gasteiger partial charge in [0.2, 0.25) is 5.91 Å². The number of anilines is 1. The van der Waals surface area contributed by atoms with Gasteiger partial charge in [0, 0.05) is 6.92 Å². The standard InChI is InChI=1S/C9H11N3O2S/c1-6(13)10-8-4-3-7(11-12-8)5-9(15)14-2/h3-4H,5H2,1-2H3,(H,10,12,13). The number of nitrogens with zero attached hydrogens (tertiary/aromatic N) is 2. The van der Waals surface area contributed by atoms with Crippen LogP contribution >= 0.6 is 12.2 Å². The van der Waals surface area contributed by atoms with Crippen LogP contribution in [-0.2, 0) is 16.0 Å². The smallest absolute Gasteiger partial charge is 0.222 e. The number of thiocarbonyl (C=S) groups is 1. The number of methoxy groups -OCH3 is 1. The number of rotatable bonds is 3. The largest absolute Gasteiger partial charge is 0.490 e. The van der Waals surface area contributed by atoms with E-state index in [0.29, 0.717) is 23.0 Å². The van der Waals surface area contributed by atoms with Crippen LogP contribution in [0.4, 0.5) is 5.82 Å². The van der Waals surface area contributed by atoms with Crippen LogP contribution in [0.1, 0.15) is 12.6 Å². The summed E-state index contributed by atoms with van der Waals surface area (Å²) in [4.78, 5) is 10.7. The molecular formula is C9H11N3O2S. The van der Waals surface area contributed by atoms with Gasteiger partial charge in [-0.25, -0.2) is 0 Å². The lowest BCUT2D eigenvalue weighted by atomic mass is 10.3. The molecule has 1 rings (SSSR count). The Labute approximate surface area is 92.8 Å². The van der Waals surface area contributed by atoms with Crippen molar-refractivity contribution in [2.75, 3.05) is 12.4 Å². The molecule has 0 aliphatic carbocycles. The van der Waals surface area contributed by atoms with E-state index in [2.05, 4.69) is 15.5 Å². The zero-order chi connectivity index (χ0) is 11.3. The topological polar surface area (TPSA) is 64.1 Å². The number of ether oxygens (including phenoxy) is 1. The van der Waals surface area contributed by atoms with Gasteiger partial charge in [0.05, 0.1) is 19.2 Å². The Morgan fingerprint density at radius 3 is 2.73 bits per heavy atom. The lowest BCUT2D eigenvalue weighted by Crippen LogP contribution is -2.10. The van der Waals surface area contributed by atoms with Gasteiger partial charge < -0.3 is 10.1 Å². The predicted octanol–water partition coefficient (Wildman–Crippen LogP) is 0.951. The molecule has 0 spiro atoms. The summed E-state index contributed by atoms with van der Waals surface area (Å²) in [5, 5.41) is 10.7. The lowest BCUT2D eigenvalue weighted by molar-refractivity contribution is -0.114. The van der Waals surface area contributed by atoms with Crippen molar-refractivity contribution in [2.45, 2.75) is 13.3 Å². The summed E-state index contributed by atoms with van der Waals surface area (Å²) in [7, 11) is 1.52. The highest BCUT2D eigenvalue weighted by atomic mass is 32.1. The molecule has 0 saturated carbocycles. The molecule has 0 bridgehead atoms. The average Bonchev–Trinajstić information content (AvgIpc) is 2.20. The quantitative estimate of drug-likeness (QED) is 0.776. The highest BCUT2D eigenvalue weighted by Gasteiger charge is 2.02. The van der Waals surface area contributed by atoms with Crippen LogP contribution in [0.5, 0.6) is 0 Å². The number of hydrogen-bond donors (Lipinski definition) is 1. The lowest BCUT2D eigenvalue weighted by Gasteiger charge is -2.02. The highest BCUT2D eigenvalue weighted by molar-refractivity contribution is 7.80. The Morgan fingerprint density at radius 1 is 1.53 bits per heavy atom. The monoisotopic (exact) mass is 225 g/mol. The maximum absolute atomic E-state index is 10.7.